The van der Waals surface area contributed by atoms with E-state index in [1.807, 2.05) is 19.1 Å². The zero-order chi connectivity index (χ0) is 12.1. The monoisotopic (exact) mass is 236 g/mol. The first kappa shape index (κ1) is 12.4. The second kappa shape index (κ2) is 5.52. The van der Waals surface area contributed by atoms with E-state index in [0.29, 0.717) is 6.61 Å². The van der Waals surface area contributed by atoms with Crippen molar-refractivity contribution < 1.29 is 14.6 Å². The molecule has 0 aromatic heterocycles. The highest BCUT2D eigenvalue weighted by Crippen LogP contribution is 2.38. The van der Waals surface area contributed by atoms with Crippen LogP contribution in [0.2, 0.25) is 0 Å². The number of hydrogen-bond donors (Lipinski definition) is 1. The predicted molar refractivity (Wildman–Crippen MR) is 66.4 cm³/mol. The summed E-state index contributed by atoms with van der Waals surface area (Å²) in [4.78, 5) is 0. The molecule has 0 amide bonds. The molecule has 3 heteroatoms. The zero-order valence-corrected chi connectivity index (χ0v) is 10.3. The fraction of sp³-hybridized carbons (Fsp3) is 0.571. The number of rotatable bonds is 6. The summed E-state index contributed by atoms with van der Waals surface area (Å²) < 4.78 is 10.9. The second-order valence-corrected chi connectivity index (χ2v) is 4.56. The Kier molecular flexibility index (Phi) is 4.02. The van der Waals surface area contributed by atoms with E-state index in [4.69, 9.17) is 14.6 Å². The van der Waals surface area contributed by atoms with Crippen molar-refractivity contribution in [1.29, 1.82) is 0 Å². The van der Waals surface area contributed by atoms with Gasteiger partial charge in [-0.15, -0.1) is 0 Å². The van der Waals surface area contributed by atoms with Gasteiger partial charge in [-0.25, -0.2) is 0 Å². The number of aliphatic hydroxyl groups is 1. The Morgan fingerprint density at radius 1 is 1.41 bits per heavy atom. The number of hydrogen-bond acceptors (Lipinski definition) is 3. The topological polar surface area (TPSA) is 38.7 Å². The molecule has 1 N–H and O–H groups in total. The number of ether oxygens (including phenoxy) is 2. The van der Waals surface area contributed by atoms with Gasteiger partial charge in [0.25, 0.3) is 0 Å². The van der Waals surface area contributed by atoms with Gasteiger partial charge in [0.05, 0.1) is 19.8 Å². The molecule has 1 aliphatic heterocycles. The Bertz CT molecular complexity index is 358. The summed E-state index contributed by atoms with van der Waals surface area (Å²) in [6, 6.07) is 8.23. The molecule has 0 bridgehead atoms. The van der Waals surface area contributed by atoms with Crippen molar-refractivity contribution in [3.05, 3.63) is 29.8 Å². The summed E-state index contributed by atoms with van der Waals surface area (Å²) >= 11 is 0. The normalized spacial score (nSPS) is 17.5. The molecular weight excluding hydrogens is 216 g/mol. The first-order valence-corrected chi connectivity index (χ1v) is 6.23. The van der Waals surface area contributed by atoms with E-state index in [1.54, 1.807) is 0 Å². The minimum absolute atomic E-state index is 0.0931. The van der Waals surface area contributed by atoms with Crippen LogP contribution in [0.25, 0.3) is 0 Å². The molecule has 0 unspecified atom stereocenters. The maximum atomic E-state index is 8.97. The predicted octanol–water partition coefficient (Wildman–Crippen LogP) is 2.13. The van der Waals surface area contributed by atoms with Gasteiger partial charge in [0, 0.05) is 12.0 Å². The minimum Gasteiger partial charge on any atom is -0.494 e. The van der Waals surface area contributed by atoms with E-state index >= 15 is 0 Å². The van der Waals surface area contributed by atoms with Crippen LogP contribution in [0.3, 0.4) is 0 Å². The average Bonchev–Trinajstić information content (AvgIpc) is 2.29. The molecule has 1 saturated heterocycles. The van der Waals surface area contributed by atoms with Gasteiger partial charge in [-0.1, -0.05) is 12.1 Å². The lowest BCUT2D eigenvalue weighted by molar-refractivity contribution is -0.0665. The van der Waals surface area contributed by atoms with Crippen molar-refractivity contribution in [2.45, 2.75) is 25.2 Å². The molecule has 2 rings (SSSR count). The maximum Gasteiger partial charge on any atom is 0.119 e. The molecule has 1 heterocycles. The Morgan fingerprint density at radius 2 is 2.24 bits per heavy atom. The zero-order valence-electron chi connectivity index (χ0n) is 10.3. The van der Waals surface area contributed by atoms with Crippen LogP contribution in [0.15, 0.2) is 24.3 Å². The molecule has 1 aromatic rings. The summed E-state index contributed by atoms with van der Waals surface area (Å²) in [5, 5.41) is 8.97. The molecule has 0 atom stereocenters. The maximum absolute atomic E-state index is 8.97. The summed E-state index contributed by atoms with van der Waals surface area (Å²) in [7, 11) is 0. The third-order valence-corrected chi connectivity index (χ3v) is 3.33. The second-order valence-electron chi connectivity index (χ2n) is 4.56. The molecule has 17 heavy (non-hydrogen) atoms. The SMILES string of the molecule is CCOc1cccc(C2(CCCO)COC2)c1. The van der Waals surface area contributed by atoms with E-state index < -0.39 is 0 Å². The van der Waals surface area contributed by atoms with Gasteiger partial charge < -0.3 is 14.6 Å². The van der Waals surface area contributed by atoms with Gasteiger partial charge in [-0.05, 0) is 37.5 Å². The van der Waals surface area contributed by atoms with Crippen LogP contribution in [0, 0.1) is 0 Å². The minimum atomic E-state index is 0.0931. The van der Waals surface area contributed by atoms with Crippen molar-refractivity contribution in [1.82, 2.24) is 0 Å². The third kappa shape index (κ3) is 2.61. The summed E-state index contributed by atoms with van der Waals surface area (Å²) in [6.07, 6.45) is 1.79. The van der Waals surface area contributed by atoms with Gasteiger partial charge in [0.15, 0.2) is 0 Å². The lowest BCUT2D eigenvalue weighted by Gasteiger charge is -2.42. The highest BCUT2D eigenvalue weighted by atomic mass is 16.5. The highest BCUT2D eigenvalue weighted by Gasteiger charge is 2.39. The average molecular weight is 236 g/mol. The van der Waals surface area contributed by atoms with Crippen LogP contribution >= 0.6 is 0 Å². The fourth-order valence-electron chi connectivity index (χ4n) is 2.30. The summed E-state index contributed by atoms with van der Waals surface area (Å²) in [6.45, 7) is 4.42. The highest BCUT2D eigenvalue weighted by molar-refractivity contribution is 5.35. The Hall–Kier alpha value is -1.06. The van der Waals surface area contributed by atoms with Gasteiger partial charge in [0.1, 0.15) is 5.75 Å². The molecule has 0 aliphatic carbocycles. The van der Waals surface area contributed by atoms with Crippen LogP contribution in [-0.4, -0.2) is 31.5 Å². The van der Waals surface area contributed by atoms with E-state index in [9.17, 15) is 0 Å². The van der Waals surface area contributed by atoms with Gasteiger partial charge in [-0.2, -0.15) is 0 Å². The lowest BCUT2D eigenvalue weighted by Crippen LogP contribution is -2.46. The van der Waals surface area contributed by atoms with Crippen molar-refractivity contribution in [2.75, 3.05) is 26.4 Å². The molecule has 0 saturated carbocycles. The van der Waals surface area contributed by atoms with Crippen molar-refractivity contribution >= 4 is 0 Å². The summed E-state index contributed by atoms with van der Waals surface area (Å²) in [5.41, 5.74) is 1.36. The van der Waals surface area contributed by atoms with E-state index in [-0.39, 0.29) is 12.0 Å². The van der Waals surface area contributed by atoms with Crippen LogP contribution in [0.1, 0.15) is 25.3 Å². The van der Waals surface area contributed by atoms with E-state index in [0.717, 1.165) is 31.8 Å². The first-order chi connectivity index (χ1) is 8.30. The van der Waals surface area contributed by atoms with Crippen molar-refractivity contribution in [3.8, 4) is 5.75 Å². The van der Waals surface area contributed by atoms with Gasteiger partial charge >= 0.3 is 0 Å². The van der Waals surface area contributed by atoms with Crippen LogP contribution < -0.4 is 4.74 Å². The molecule has 3 nitrogen and oxygen atoms in total. The Morgan fingerprint density at radius 3 is 2.82 bits per heavy atom. The first-order valence-electron chi connectivity index (χ1n) is 6.23. The molecule has 0 radical (unpaired) electrons. The van der Waals surface area contributed by atoms with Gasteiger partial charge in [-0.3, -0.25) is 0 Å². The standard InChI is InChI=1S/C14H20O3/c1-2-17-13-6-3-5-12(9-13)14(7-4-8-15)10-16-11-14/h3,5-6,9,15H,2,4,7-8,10-11H2,1H3. The molecular formula is C14H20O3. The molecule has 1 fully saturated rings. The van der Waals surface area contributed by atoms with Crippen LogP contribution in [0.4, 0.5) is 0 Å². The van der Waals surface area contributed by atoms with Gasteiger partial charge in [0.2, 0.25) is 0 Å². The lowest BCUT2D eigenvalue weighted by atomic mass is 9.75. The van der Waals surface area contributed by atoms with Crippen LogP contribution in [0.5, 0.6) is 5.75 Å². The molecule has 1 aliphatic rings. The van der Waals surface area contributed by atoms with Crippen molar-refractivity contribution in [2.24, 2.45) is 0 Å². The van der Waals surface area contributed by atoms with E-state index in [2.05, 4.69) is 12.1 Å². The van der Waals surface area contributed by atoms with Crippen molar-refractivity contribution in [3.63, 3.8) is 0 Å². The molecule has 94 valence electrons. The molecule has 0 spiro atoms. The van der Waals surface area contributed by atoms with Crippen LogP contribution in [-0.2, 0) is 10.2 Å². The summed E-state index contributed by atoms with van der Waals surface area (Å²) in [5.74, 6) is 0.917. The quantitative estimate of drug-likeness (QED) is 0.822. The smallest absolute Gasteiger partial charge is 0.119 e. The van der Waals surface area contributed by atoms with E-state index in [1.165, 1.54) is 5.56 Å². The third-order valence-electron chi connectivity index (χ3n) is 3.33. The largest absolute Gasteiger partial charge is 0.494 e. The Balaban J connectivity index is 2.15. The molecule has 1 aromatic carbocycles. The Labute approximate surface area is 102 Å². The number of benzene rings is 1. The number of aliphatic hydroxyl groups excluding tert-OH is 1. The fourth-order valence-corrected chi connectivity index (χ4v) is 2.30.